The number of nitrogens with two attached hydrogens (primary N) is 1. The van der Waals surface area contributed by atoms with E-state index in [1.807, 2.05) is 24.3 Å². The normalized spacial score (nSPS) is 10.0. The summed E-state index contributed by atoms with van der Waals surface area (Å²) in [6.45, 7) is 0.767. The van der Waals surface area contributed by atoms with E-state index in [-0.39, 0.29) is 24.9 Å². The van der Waals surface area contributed by atoms with E-state index in [2.05, 4.69) is 10.6 Å². The second-order valence-corrected chi connectivity index (χ2v) is 4.01. The Balaban J connectivity index is 2.37. The zero-order valence-electron chi connectivity index (χ0n) is 10.9. The van der Waals surface area contributed by atoms with E-state index in [1.54, 1.807) is 7.11 Å². The number of methoxy groups -OCH3 is 1. The number of nitrogens with one attached hydrogen (secondary N) is 2. The summed E-state index contributed by atoms with van der Waals surface area (Å²) in [6, 6.07) is 7.74. The molecular weight excluding hydrogens is 246 g/mol. The van der Waals surface area contributed by atoms with Gasteiger partial charge in [0, 0.05) is 13.7 Å². The van der Waals surface area contributed by atoms with Gasteiger partial charge in [-0.3, -0.25) is 9.59 Å². The van der Waals surface area contributed by atoms with Crippen LogP contribution >= 0.6 is 0 Å². The molecule has 1 rings (SSSR count). The lowest BCUT2D eigenvalue weighted by Crippen LogP contribution is -2.39. The molecule has 104 valence electrons. The molecule has 1 aromatic rings. The third-order valence-electron chi connectivity index (χ3n) is 2.42. The second-order valence-electron chi connectivity index (χ2n) is 4.01. The molecule has 6 heteroatoms. The Morgan fingerprint density at radius 3 is 2.63 bits per heavy atom. The molecule has 0 aliphatic carbocycles. The number of benzene rings is 1. The highest BCUT2D eigenvalue weighted by Crippen LogP contribution is 2.05. The van der Waals surface area contributed by atoms with Crippen LogP contribution in [-0.2, 0) is 27.5 Å². The maximum Gasteiger partial charge on any atom is 0.239 e. The van der Waals surface area contributed by atoms with Crippen molar-refractivity contribution in [3.05, 3.63) is 35.4 Å². The van der Waals surface area contributed by atoms with Crippen molar-refractivity contribution < 1.29 is 14.3 Å². The first-order chi connectivity index (χ1) is 9.15. The van der Waals surface area contributed by atoms with Gasteiger partial charge in [0.2, 0.25) is 11.8 Å². The van der Waals surface area contributed by atoms with Gasteiger partial charge in [-0.15, -0.1) is 0 Å². The molecule has 19 heavy (non-hydrogen) atoms. The average Bonchev–Trinajstić information content (AvgIpc) is 2.43. The minimum atomic E-state index is -0.350. The summed E-state index contributed by atoms with van der Waals surface area (Å²) in [5, 5.41) is 5.12. The van der Waals surface area contributed by atoms with Crippen molar-refractivity contribution in [1.82, 2.24) is 10.6 Å². The van der Waals surface area contributed by atoms with Crippen molar-refractivity contribution in [2.75, 3.05) is 20.2 Å². The predicted molar refractivity (Wildman–Crippen MR) is 71.1 cm³/mol. The van der Waals surface area contributed by atoms with Crippen LogP contribution in [0.5, 0.6) is 0 Å². The van der Waals surface area contributed by atoms with Gasteiger partial charge < -0.3 is 21.1 Å². The lowest BCUT2D eigenvalue weighted by Gasteiger charge is -2.07. The van der Waals surface area contributed by atoms with Crippen molar-refractivity contribution in [3.8, 4) is 0 Å². The fourth-order valence-electron chi connectivity index (χ4n) is 1.51. The largest absolute Gasteiger partial charge is 0.380 e. The number of hydrogen-bond acceptors (Lipinski definition) is 4. The number of carbonyl (C=O) groups is 2. The van der Waals surface area contributed by atoms with Gasteiger partial charge in [0.05, 0.1) is 19.7 Å². The summed E-state index contributed by atoms with van der Waals surface area (Å²) in [5.74, 6) is -0.601. The molecule has 1 aromatic carbocycles. The molecular formula is C13H19N3O3. The molecule has 4 N–H and O–H groups in total. The van der Waals surface area contributed by atoms with Crippen molar-refractivity contribution in [3.63, 3.8) is 0 Å². The zero-order valence-corrected chi connectivity index (χ0v) is 10.9. The first-order valence-electron chi connectivity index (χ1n) is 5.96. The van der Waals surface area contributed by atoms with Crippen LogP contribution in [0.2, 0.25) is 0 Å². The van der Waals surface area contributed by atoms with E-state index in [9.17, 15) is 9.59 Å². The molecule has 0 spiro atoms. The first kappa shape index (κ1) is 15.1. The Hall–Kier alpha value is -1.92. The molecule has 0 heterocycles. The average molecular weight is 265 g/mol. The minimum absolute atomic E-state index is 0.0617. The third kappa shape index (κ3) is 5.98. The Kier molecular flexibility index (Phi) is 6.56. The quantitative estimate of drug-likeness (QED) is 0.621. The lowest BCUT2D eigenvalue weighted by molar-refractivity contribution is -0.125. The van der Waals surface area contributed by atoms with Crippen LogP contribution in [-0.4, -0.2) is 32.0 Å². The Morgan fingerprint density at radius 1 is 1.21 bits per heavy atom. The zero-order chi connectivity index (χ0) is 14.1. The van der Waals surface area contributed by atoms with Crippen LogP contribution < -0.4 is 16.4 Å². The number of ether oxygens (including phenoxy) is 1. The molecule has 0 radical (unpaired) electrons. The molecule has 0 unspecified atom stereocenters. The van der Waals surface area contributed by atoms with Crippen LogP contribution in [0, 0.1) is 0 Å². The van der Waals surface area contributed by atoms with E-state index < -0.39 is 0 Å². The summed E-state index contributed by atoms with van der Waals surface area (Å²) < 4.78 is 5.04. The van der Waals surface area contributed by atoms with Crippen LogP contribution in [0.3, 0.4) is 0 Å². The standard InChI is InChI=1S/C13H19N3O3/c1-19-9-11-4-2-3-10(5-11)7-15-13(18)8-16-12(17)6-14/h2-5H,6-9,14H2,1H3,(H,15,18)(H,16,17). The predicted octanol–water partition coefficient (Wildman–Crippen LogP) is -0.476. The van der Waals surface area contributed by atoms with Crippen LogP contribution in [0.4, 0.5) is 0 Å². The first-order valence-corrected chi connectivity index (χ1v) is 5.96. The van der Waals surface area contributed by atoms with Crippen LogP contribution in [0.15, 0.2) is 24.3 Å². The van der Waals surface area contributed by atoms with Gasteiger partial charge in [-0.25, -0.2) is 0 Å². The highest BCUT2D eigenvalue weighted by molar-refractivity contribution is 5.85. The topological polar surface area (TPSA) is 93.5 Å². The van der Waals surface area contributed by atoms with Gasteiger partial charge in [0.25, 0.3) is 0 Å². The van der Waals surface area contributed by atoms with E-state index >= 15 is 0 Å². The molecule has 0 atom stereocenters. The van der Waals surface area contributed by atoms with Crippen LogP contribution in [0.25, 0.3) is 0 Å². The van der Waals surface area contributed by atoms with Gasteiger partial charge in [0.15, 0.2) is 0 Å². The van der Waals surface area contributed by atoms with Gasteiger partial charge in [-0.2, -0.15) is 0 Å². The molecule has 0 aromatic heterocycles. The molecule has 0 saturated carbocycles. The summed E-state index contributed by atoms with van der Waals surface area (Å²) in [4.78, 5) is 22.3. The van der Waals surface area contributed by atoms with Crippen molar-refractivity contribution in [1.29, 1.82) is 0 Å². The van der Waals surface area contributed by atoms with Crippen molar-refractivity contribution in [2.45, 2.75) is 13.2 Å². The number of carbonyl (C=O) groups excluding carboxylic acids is 2. The number of amides is 2. The van der Waals surface area contributed by atoms with Gasteiger partial charge >= 0.3 is 0 Å². The summed E-state index contributed by atoms with van der Waals surface area (Å²) >= 11 is 0. The van der Waals surface area contributed by atoms with E-state index in [0.717, 1.165) is 11.1 Å². The van der Waals surface area contributed by atoms with Crippen molar-refractivity contribution in [2.24, 2.45) is 5.73 Å². The SMILES string of the molecule is COCc1cccc(CNC(=O)CNC(=O)CN)c1. The Labute approximate surface area is 112 Å². The summed E-state index contributed by atoms with van der Waals surface area (Å²) in [7, 11) is 1.63. The number of rotatable bonds is 7. The van der Waals surface area contributed by atoms with Gasteiger partial charge in [-0.05, 0) is 11.1 Å². The maximum absolute atomic E-state index is 11.5. The highest BCUT2D eigenvalue weighted by Gasteiger charge is 2.04. The monoisotopic (exact) mass is 265 g/mol. The molecule has 0 saturated heterocycles. The highest BCUT2D eigenvalue weighted by atomic mass is 16.5. The lowest BCUT2D eigenvalue weighted by atomic mass is 10.1. The minimum Gasteiger partial charge on any atom is -0.380 e. The molecule has 6 nitrogen and oxygen atoms in total. The van der Waals surface area contributed by atoms with E-state index in [0.29, 0.717) is 13.2 Å². The van der Waals surface area contributed by atoms with Gasteiger partial charge in [0.1, 0.15) is 0 Å². The van der Waals surface area contributed by atoms with Gasteiger partial charge in [-0.1, -0.05) is 24.3 Å². The second kappa shape index (κ2) is 8.23. The number of hydrogen-bond donors (Lipinski definition) is 3. The third-order valence-corrected chi connectivity index (χ3v) is 2.42. The molecule has 0 bridgehead atoms. The fourth-order valence-corrected chi connectivity index (χ4v) is 1.51. The Morgan fingerprint density at radius 2 is 1.95 bits per heavy atom. The smallest absolute Gasteiger partial charge is 0.239 e. The van der Waals surface area contributed by atoms with Crippen molar-refractivity contribution >= 4 is 11.8 Å². The molecule has 0 fully saturated rings. The maximum atomic E-state index is 11.5. The Bertz CT molecular complexity index is 435. The summed E-state index contributed by atoms with van der Waals surface area (Å²) in [6.07, 6.45) is 0. The van der Waals surface area contributed by atoms with E-state index in [4.69, 9.17) is 10.5 Å². The van der Waals surface area contributed by atoms with Crippen LogP contribution in [0.1, 0.15) is 11.1 Å². The summed E-state index contributed by atoms with van der Waals surface area (Å²) in [5.41, 5.74) is 7.14. The van der Waals surface area contributed by atoms with E-state index in [1.165, 1.54) is 0 Å². The molecule has 0 aliphatic rings. The fraction of sp³-hybridized carbons (Fsp3) is 0.385. The molecule has 0 aliphatic heterocycles. The molecule has 2 amide bonds.